The lowest BCUT2D eigenvalue weighted by atomic mass is 10.3. The van der Waals surface area contributed by atoms with Crippen LogP contribution in [0.15, 0.2) is 17.4 Å². The molecule has 4 heteroatoms. The summed E-state index contributed by atoms with van der Waals surface area (Å²) in [6, 6.07) is 1.43. The average Bonchev–Trinajstić information content (AvgIpc) is 2.02. The van der Waals surface area contributed by atoms with Gasteiger partial charge in [0.05, 0.1) is 5.02 Å². The number of hydrogen-bond acceptors (Lipinski definition) is 1. The van der Waals surface area contributed by atoms with Gasteiger partial charge in [0, 0.05) is 11.9 Å². The van der Waals surface area contributed by atoms with Crippen molar-refractivity contribution in [2.45, 2.75) is 6.92 Å². The summed E-state index contributed by atoms with van der Waals surface area (Å²) in [4.78, 5) is 11.3. The molecule has 1 rings (SSSR count). The molecule has 0 aromatic carbocycles. The van der Waals surface area contributed by atoms with Gasteiger partial charge in [-0.25, -0.2) is 0 Å². The van der Waals surface area contributed by atoms with Gasteiger partial charge in [-0.15, -0.1) is 0 Å². The van der Waals surface area contributed by atoms with Crippen LogP contribution >= 0.6 is 23.2 Å². The van der Waals surface area contributed by atoms with Gasteiger partial charge >= 0.3 is 0 Å². The molecule has 0 N–H and O–H groups in total. The molecule has 1 aromatic rings. The van der Waals surface area contributed by atoms with Gasteiger partial charge in [0.1, 0.15) is 5.02 Å². The Balaban J connectivity index is 3.64. The van der Waals surface area contributed by atoms with E-state index in [0.717, 1.165) is 0 Å². The zero-order valence-corrected chi connectivity index (χ0v) is 7.99. The molecule has 0 aliphatic rings. The summed E-state index contributed by atoms with van der Waals surface area (Å²) in [5, 5.41) is 0.560. The van der Waals surface area contributed by atoms with Crippen LogP contribution in [0, 0.1) is 6.92 Å². The van der Waals surface area contributed by atoms with Crippen LogP contribution < -0.4 is 5.56 Å². The molecule has 12 heavy (non-hydrogen) atoms. The van der Waals surface area contributed by atoms with E-state index in [0.29, 0.717) is 10.7 Å². The molecule has 2 nitrogen and oxygen atoms in total. The second kappa shape index (κ2) is 3.33. The fourth-order valence-corrected chi connectivity index (χ4v) is 1.34. The predicted octanol–water partition coefficient (Wildman–Crippen LogP) is 2.56. The highest BCUT2D eigenvalue weighted by Crippen LogP contribution is 2.16. The highest BCUT2D eigenvalue weighted by Gasteiger charge is 2.05. The fraction of sp³-hybridized carbons (Fsp3) is 0.125. The molecule has 0 spiro atoms. The fourth-order valence-electron chi connectivity index (χ4n) is 0.880. The van der Waals surface area contributed by atoms with Crippen molar-refractivity contribution in [1.29, 1.82) is 0 Å². The maximum Gasteiger partial charge on any atom is 0.273 e. The normalized spacial score (nSPS) is 9.92. The lowest BCUT2D eigenvalue weighted by molar-refractivity contribution is 0.994. The Kier molecular flexibility index (Phi) is 2.60. The van der Waals surface area contributed by atoms with E-state index in [1.54, 1.807) is 6.92 Å². The van der Waals surface area contributed by atoms with E-state index in [2.05, 4.69) is 6.58 Å². The van der Waals surface area contributed by atoms with Gasteiger partial charge in [-0.3, -0.25) is 9.36 Å². The highest BCUT2D eigenvalue weighted by molar-refractivity contribution is 6.34. The molecule has 0 aliphatic heterocycles. The van der Waals surface area contributed by atoms with Crippen LogP contribution in [0.5, 0.6) is 0 Å². The number of aromatic nitrogens is 1. The van der Waals surface area contributed by atoms with Crippen molar-refractivity contribution < 1.29 is 0 Å². The van der Waals surface area contributed by atoms with Crippen molar-refractivity contribution >= 4 is 29.4 Å². The van der Waals surface area contributed by atoms with Crippen molar-refractivity contribution in [3.8, 4) is 0 Å². The van der Waals surface area contributed by atoms with Gasteiger partial charge in [-0.05, 0) is 13.0 Å². The SMILES string of the molecule is C=Cn1c(C)c(Cl)cc(Cl)c1=O. The minimum atomic E-state index is -0.298. The molecule has 64 valence electrons. The molecule has 1 aromatic heterocycles. The van der Waals surface area contributed by atoms with Crippen LogP contribution in [0.25, 0.3) is 6.20 Å². The van der Waals surface area contributed by atoms with Gasteiger partial charge in [-0.2, -0.15) is 0 Å². The number of halogens is 2. The largest absolute Gasteiger partial charge is 0.286 e. The molecular weight excluding hydrogens is 197 g/mol. The van der Waals surface area contributed by atoms with Crippen molar-refractivity contribution in [2.24, 2.45) is 0 Å². The van der Waals surface area contributed by atoms with E-state index in [4.69, 9.17) is 23.2 Å². The lowest BCUT2D eigenvalue weighted by Crippen LogP contribution is -2.17. The van der Waals surface area contributed by atoms with Crippen molar-refractivity contribution in [3.63, 3.8) is 0 Å². The molecule has 0 bridgehead atoms. The Morgan fingerprint density at radius 3 is 2.58 bits per heavy atom. The first-order valence-corrected chi connectivity index (χ1v) is 4.03. The van der Waals surface area contributed by atoms with Crippen LogP contribution in [0.3, 0.4) is 0 Å². The van der Waals surface area contributed by atoms with Gasteiger partial charge in [0.15, 0.2) is 0 Å². The first kappa shape index (κ1) is 9.36. The van der Waals surface area contributed by atoms with Crippen LogP contribution in [-0.4, -0.2) is 4.57 Å². The second-order valence-corrected chi connectivity index (χ2v) is 3.10. The number of nitrogens with zero attached hydrogens (tertiary/aromatic N) is 1. The molecule has 0 atom stereocenters. The van der Waals surface area contributed by atoms with Crippen molar-refractivity contribution in [2.75, 3.05) is 0 Å². The molecule has 0 amide bonds. The third kappa shape index (κ3) is 1.40. The third-order valence-electron chi connectivity index (χ3n) is 1.57. The highest BCUT2D eigenvalue weighted by atomic mass is 35.5. The van der Waals surface area contributed by atoms with Crippen LogP contribution in [0.1, 0.15) is 5.69 Å². The van der Waals surface area contributed by atoms with Gasteiger partial charge in [0.2, 0.25) is 0 Å². The Labute approximate surface area is 80.0 Å². The summed E-state index contributed by atoms with van der Waals surface area (Å²) in [6.07, 6.45) is 1.38. The van der Waals surface area contributed by atoms with Crippen LogP contribution in [0.2, 0.25) is 10.0 Å². The number of hydrogen-bond donors (Lipinski definition) is 0. The van der Waals surface area contributed by atoms with Gasteiger partial charge < -0.3 is 0 Å². The Morgan fingerprint density at radius 1 is 1.50 bits per heavy atom. The maximum absolute atomic E-state index is 11.3. The maximum atomic E-state index is 11.3. The zero-order valence-electron chi connectivity index (χ0n) is 6.47. The third-order valence-corrected chi connectivity index (χ3v) is 2.22. The summed E-state index contributed by atoms with van der Waals surface area (Å²) in [5.41, 5.74) is 0.342. The first-order chi connectivity index (χ1) is 5.57. The van der Waals surface area contributed by atoms with Gasteiger partial charge in [0.25, 0.3) is 5.56 Å². The summed E-state index contributed by atoms with van der Waals surface area (Å²) >= 11 is 11.4. The molecule has 0 saturated carbocycles. The molecule has 0 radical (unpaired) electrons. The Bertz CT molecular complexity index is 381. The van der Waals surface area contributed by atoms with E-state index in [-0.39, 0.29) is 10.6 Å². The standard InChI is InChI=1S/C8H7Cl2NO/c1-3-11-5(2)6(9)4-7(10)8(11)12/h3-4H,1H2,2H3. The molecule has 0 aliphatic carbocycles. The van der Waals surface area contributed by atoms with E-state index >= 15 is 0 Å². The minimum Gasteiger partial charge on any atom is -0.286 e. The quantitative estimate of drug-likeness (QED) is 0.688. The van der Waals surface area contributed by atoms with Crippen LogP contribution in [-0.2, 0) is 0 Å². The smallest absolute Gasteiger partial charge is 0.273 e. The van der Waals surface area contributed by atoms with Crippen molar-refractivity contribution in [1.82, 2.24) is 4.57 Å². The van der Waals surface area contributed by atoms with E-state index in [9.17, 15) is 4.79 Å². The monoisotopic (exact) mass is 203 g/mol. The molecular formula is C8H7Cl2NO. The van der Waals surface area contributed by atoms with E-state index in [1.165, 1.54) is 16.8 Å². The summed E-state index contributed by atoms with van der Waals surface area (Å²) in [6.45, 7) is 5.20. The Hall–Kier alpha value is -0.730. The summed E-state index contributed by atoms with van der Waals surface area (Å²) < 4.78 is 1.31. The number of rotatable bonds is 1. The zero-order chi connectivity index (χ0) is 9.30. The molecule has 0 unspecified atom stereocenters. The van der Waals surface area contributed by atoms with Gasteiger partial charge in [-0.1, -0.05) is 29.8 Å². The molecule has 0 saturated heterocycles. The van der Waals surface area contributed by atoms with E-state index in [1.807, 2.05) is 0 Å². The first-order valence-electron chi connectivity index (χ1n) is 3.27. The Morgan fingerprint density at radius 2 is 2.08 bits per heavy atom. The molecule has 1 heterocycles. The van der Waals surface area contributed by atoms with Crippen LogP contribution in [0.4, 0.5) is 0 Å². The minimum absolute atomic E-state index is 0.102. The predicted molar refractivity (Wildman–Crippen MR) is 51.8 cm³/mol. The topological polar surface area (TPSA) is 22.0 Å². The average molecular weight is 204 g/mol. The summed E-state index contributed by atoms with van der Waals surface area (Å²) in [5.74, 6) is 0. The second-order valence-electron chi connectivity index (χ2n) is 2.28. The van der Waals surface area contributed by atoms with Crippen molar-refractivity contribution in [3.05, 3.63) is 38.7 Å². The summed E-state index contributed by atoms with van der Waals surface area (Å²) in [7, 11) is 0. The number of pyridine rings is 1. The molecule has 0 fully saturated rings. The lowest BCUT2D eigenvalue weighted by Gasteiger charge is -2.05. The van der Waals surface area contributed by atoms with E-state index < -0.39 is 0 Å².